The van der Waals surface area contributed by atoms with Crippen molar-refractivity contribution in [3.05, 3.63) is 34.9 Å². The van der Waals surface area contributed by atoms with Gasteiger partial charge in [0.1, 0.15) is 0 Å². The third kappa shape index (κ3) is 5.46. The van der Waals surface area contributed by atoms with Gasteiger partial charge in [0.2, 0.25) is 0 Å². The van der Waals surface area contributed by atoms with Gasteiger partial charge in [-0.2, -0.15) is 0 Å². The predicted octanol–water partition coefficient (Wildman–Crippen LogP) is 5.08. The Hall–Kier alpha value is -0.530. The van der Waals surface area contributed by atoms with Crippen LogP contribution in [-0.4, -0.2) is 12.6 Å². The fourth-order valence-electron chi connectivity index (χ4n) is 3.20. The van der Waals surface area contributed by atoms with E-state index in [1.54, 1.807) is 0 Å². The van der Waals surface area contributed by atoms with Crippen LogP contribution in [0.4, 0.5) is 0 Å². The molecule has 0 amide bonds. The maximum atomic E-state index is 5.91. The van der Waals surface area contributed by atoms with Crippen molar-refractivity contribution in [2.75, 3.05) is 6.54 Å². The van der Waals surface area contributed by atoms with Crippen molar-refractivity contribution in [2.24, 2.45) is 11.8 Å². The summed E-state index contributed by atoms with van der Waals surface area (Å²) in [6, 6.07) is 8.75. The van der Waals surface area contributed by atoms with Crippen LogP contribution in [0.15, 0.2) is 24.3 Å². The van der Waals surface area contributed by atoms with Crippen molar-refractivity contribution in [3.8, 4) is 0 Å². The summed E-state index contributed by atoms with van der Waals surface area (Å²) < 4.78 is 0. The summed E-state index contributed by atoms with van der Waals surface area (Å²) >= 11 is 5.91. The zero-order chi connectivity index (χ0) is 14.4. The molecule has 2 rings (SSSR count). The van der Waals surface area contributed by atoms with Crippen LogP contribution in [0.5, 0.6) is 0 Å². The second-order valence-corrected chi connectivity index (χ2v) is 7.04. The molecule has 20 heavy (non-hydrogen) atoms. The van der Waals surface area contributed by atoms with Crippen LogP contribution in [0, 0.1) is 11.8 Å². The first-order valence-corrected chi connectivity index (χ1v) is 8.49. The summed E-state index contributed by atoms with van der Waals surface area (Å²) in [5.74, 6) is 1.92. The van der Waals surface area contributed by atoms with Gasteiger partial charge in [-0.3, -0.25) is 0 Å². The Morgan fingerprint density at radius 1 is 1.15 bits per heavy atom. The third-order valence-corrected chi connectivity index (χ3v) is 4.89. The molecule has 2 heteroatoms. The first-order chi connectivity index (χ1) is 9.63. The fraction of sp³-hybridized carbons (Fsp3) is 0.667. The van der Waals surface area contributed by atoms with Crippen molar-refractivity contribution in [2.45, 2.75) is 58.4 Å². The summed E-state index contributed by atoms with van der Waals surface area (Å²) in [4.78, 5) is 0. The Kier molecular flexibility index (Phi) is 6.38. The van der Waals surface area contributed by atoms with Gasteiger partial charge in [-0.15, -0.1) is 0 Å². The number of nitrogens with one attached hydrogen (secondary N) is 1. The lowest BCUT2D eigenvalue weighted by Crippen LogP contribution is -2.30. The minimum absolute atomic E-state index is 0.540. The smallest absolute Gasteiger partial charge is 0.0406 e. The molecular formula is C18H28ClN. The molecule has 112 valence electrons. The predicted molar refractivity (Wildman–Crippen MR) is 88.4 cm³/mol. The lowest BCUT2D eigenvalue weighted by molar-refractivity contribution is 0.273. The Labute approximate surface area is 129 Å². The monoisotopic (exact) mass is 293 g/mol. The lowest BCUT2D eigenvalue weighted by Gasteiger charge is -2.26. The van der Waals surface area contributed by atoms with Crippen LogP contribution in [0.1, 0.15) is 51.5 Å². The molecule has 1 unspecified atom stereocenters. The van der Waals surface area contributed by atoms with E-state index in [1.807, 2.05) is 12.1 Å². The fourth-order valence-corrected chi connectivity index (χ4v) is 3.32. The van der Waals surface area contributed by atoms with E-state index in [0.29, 0.717) is 6.04 Å². The summed E-state index contributed by atoms with van der Waals surface area (Å²) in [6.07, 6.45) is 8.18. The van der Waals surface area contributed by atoms with Crippen LogP contribution in [0.25, 0.3) is 0 Å². The molecular weight excluding hydrogens is 266 g/mol. The highest BCUT2D eigenvalue weighted by molar-refractivity contribution is 6.30. The number of halogens is 1. The van der Waals surface area contributed by atoms with Crippen molar-refractivity contribution >= 4 is 11.6 Å². The highest BCUT2D eigenvalue weighted by Gasteiger charge is 2.17. The van der Waals surface area contributed by atoms with Gasteiger partial charge >= 0.3 is 0 Å². The Morgan fingerprint density at radius 2 is 1.80 bits per heavy atom. The van der Waals surface area contributed by atoms with Crippen LogP contribution < -0.4 is 5.32 Å². The second-order valence-electron chi connectivity index (χ2n) is 6.60. The maximum Gasteiger partial charge on any atom is 0.0406 e. The molecule has 1 nitrogen and oxygen atoms in total. The number of rotatable bonds is 6. The molecule has 0 spiro atoms. The van der Waals surface area contributed by atoms with Crippen molar-refractivity contribution in [1.29, 1.82) is 0 Å². The molecule has 0 aliphatic heterocycles. The Bertz CT molecular complexity index is 379. The van der Waals surface area contributed by atoms with Gasteiger partial charge in [-0.25, -0.2) is 0 Å². The SMILES string of the molecule is CC1CCC(CCNC(C)Cc2ccc(Cl)cc2)CC1. The van der Waals surface area contributed by atoms with Crippen LogP contribution in [0.3, 0.4) is 0 Å². The van der Waals surface area contributed by atoms with Gasteiger partial charge < -0.3 is 5.32 Å². The molecule has 0 saturated heterocycles. The van der Waals surface area contributed by atoms with E-state index < -0.39 is 0 Å². The first kappa shape index (κ1) is 15.9. The van der Waals surface area contributed by atoms with Gasteiger partial charge in [0.05, 0.1) is 0 Å². The average Bonchev–Trinajstić information content (AvgIpc) is 2.44. The largest absolute Gasteiger partial charge is 0.314 e. The maximum absolute atomic E-state index is 5.91. The third-order valence-electron chi connectivity index (χ3n) is 4.64. The molecule has 0 heterocycles. The molecule has 1 aliphatic carbocycles. The molecule has 0 bridgehead atoms. The van der Waals surface area contributed by atoms with Gasteiger partial charge in [0.25, 0.3) is 0 Å². The topological polar surface area (TPSA) is 12.0 Å². The summed E-state index contributed by atoms with van der Waals surface area (Å²) in [6.45, 7) is 5.83. The summed E-state index contributed by atoms with van der Waals surface area (Å²) in [5.41, 5.74) is 1.36. The molecule has 1 atom stereocenters. The Morgan fingerprint density at radius 3 is 2.45 bits per heavy atom. The van der Waals surface area contributed by atoms with E-state index in [9.17, 15) is 0 Å². The second kappa shape index (κ2) is 8.05. The van der Waals surface area contributed by atoms with Gasteiger partial charge in [-0.05, 0) is 55.8 Å². The molecule has 1 aromatic carbocycles. The highest BCUT2D eigenvalue weighted by atomic mass is 35.5. The average molecular weight is 294 g/mol. The van der Waals surface area contributed by atoms with E-state index in [1.165, 1.54) is 37.7 Å². The zero-order valence-corrected chi connectivity index (χ0v) is 13.6. The summed E-state index contributed by atoms with van der Waals surface area (Å²) in [5, 5.41) is 4.49. The molecule has 1 saturated carbocycles. The van der Waals surface area contributed by atoms with E-state index in [-0.39, 0.29) is 0 Å². The minimum atomic E-state index is 0.540. The molecule has 1 N–H and O–H groups in total. The van der Waals surface area contributed by atoms with Crippen molar-refractivity contribution in [1.82, 2.24) is 5.32 Å². The molecule has 1 aromatic rings. The van der Waals surface area contributed by atoms with Crippen molar-refractivity contribution < 1.29 is 0 Å². The van der Waals surface area contributed by atoms with Crippen LogP contribution in [-0.2, 0) is 6.42 Å². The van der Waals surface area contributed by atoms with Crippen LogP contribution in [0.2, 0.25) is 5.02 Å². The molecule has 0 radical (unpaired) electrons. The van der Waals surface area contributed by atoms with Crippen molar-refractivity contribution in [3.63, 3.8) is 0 Å². The number of benzene rings is 1. The normalized spacial score (nSPS) is 24.6. The van der Waals surface area contributed by atoms with E-state index in [2.05, 4.69) is 31.3 Å². The van der Waals surface area contributed by atoms with Crippen LogP contribution >= 0.6 is 11.6 Å². The lowest BCUT2D eigenvalue weighted by atomic mass is 9.81. The quantitative estimate of drug-likeness (QED) is 0.771. The molecule has 1 fully saturated rings. The molecule has 1 aliphatic rings. The summed E-state index contributed by atoms with van der Waals surface area (Å²) in [7, 11) is 0. The zero-order valence-electron chi connectivity index (χ0n) is 12.9. The number of hydrogen-bond donors (Lipinski definition) is 1. The highest BCUT2D eigenvalue weighted by Crippen LogP contribution is 2.29. The Balaban J connectivity index is 1.62. The van der Waals surface area contributed by atoms with E-state index in [0.717, 1.165) is 29.8 Å². The minimum Gasteiger partial charge on any atom is -0.314 e. The molecule has 0 aromatic heterocycles. The first-order valence-electron chi connectivity index (χ1n) is 8.11. The standard InChI is InChI=1S/C18H28ClN/c1-14-3-5-16(6-4-14)11-12-20-15(2)13-17-7-9-18(19)10-8-17/h7-10,14-16,20H,3-6,11-13H2,1-2H3. The van der Waals surface area contributed by atoms with Gasteiger partial charge in [0.15, 0.2) is 0 Å². The van der Waals surface area contributed by atoms with E-state index in [4.69, 9.17) is 11.6 Å². The number of hydrogen-bond acceptors (Lipinski definition) is 1. The van der Waals surface area contributed by atoms with Gasteiger partial charge in [-0.1, -0.05) is 56.3 Å². The van der Waals surface area contributed by atoms with Gasteiger partial charge in [0, 0.05) is 11.1 Å². The van der Waals surface area contributed by atoms with E-state index >= 15 is 0 Å².